The third-order valence-electron chi connectivity index (χ3n) is 2.01. The lowest BCUT2D eigenvalue weighted by Gasteiger charge is -2.07. The first-order chi connectivity index (χ1) is 8.06. The van der Waals surface area contributed by atoms with Crippen LogP contribution in [0, 0.1) is 0 Å². The van der Waals surface area contributed by atoms with Crippen LogP contribution < -0.4 is 10.0 Å². The number of pyridine rings is 1. The monoisotopic (exact) mass is 313 g/mol. The fourth-order valence-corrected chi connectivity index (χ4v) is 2.46. The summed E-state index contributed by atoms with van der Waals surface area (Å²) < 4.78 is 26.0. The van der Waals surface area contributed by atoms with Crippen molar-refractivity contribution < 1.29 is 8.42 Å². The van der Waals surface area contributed by atoms with E-state index in [1.54, 1.807) is 0 Å². The van der Waals surface area contributed by atoms with Gasteiger partial charge in [-0.2, -0.15) is 0 Å². The number of halogens is 2. The Balaban J connectivity index is 0.00000289. The molecule has 8 heteroatoms. The lowest BCUT2D eigenvalue weighted by atomic mass is 10.5. The summed E-state index contributed by atoms with van der Waals surface area (Å²) in [5.41, 5.74) is 0. The van der Waals surface area contributed by atoms with Crippen molar-refractivity contribution in [3.8, 4) is 0 Å². The molecule has 0 bridgehead atoms. The molecule has 0 saturated heterocycles. The lowest BCUT2D eigenvalue weighted by molar-refractivity contribution is 0.575. The van der Waals surface area contributed by atoms with Crippen LogP contribution in [0.3, 0.4) is 0 Å². The van der Waals surface area contributed by atoms with Crippen LogP contribution in [0.2, 0.25) is 5.02 Å². The number of nitrogens with one attached hydrogen (secondary N) is 2. The molecule has 1 aromatic heterocycles. The number of hydrogen-bond donors (Lipinski definition) is 2. The van der Waals surface area contributed by atoms with E-state index in [9.17, 15) is 8.42 Å². The van der Waals surface area contributed by atoms with Crippen LogP contribution in [-0.4, -0.2) is 33.0 Å². The molecule has 0 radical (unpaired) electrons. The highest BCUT2D eigenvalue weighted by Gasteiger charge is 2.13. The smallest absolute Gasteiger partial charge is 0.242 e. The van der Waals surface area contributed by atoms with E-state index in [4.69, 9.17) is 11.6 Å². The zero-order chi connectivity index (χ0) is 12.7. The summed E-state index contributed by atoms with van der Waals surface area (Å²) in [6.07, 6.45) is 3.68. The Hall–Kier alpha value is -0.400. The third kappa shape index (κ3) is 5.97. The van der Waals surface area contributed by atoms with Gasteiger partial charge in [0, 0.05) is 25.5 Å². The average Bonchev–Trinajstić information content (AvgIpc) is 2.29. The van der Waals surface area contributed by atoms with E-state index in [0.717, 1.165) is 13.0 Å². The summed E-state index contributed by atoms with van der Waals surface area (Å²) in [5.74, 6) is 0. The normalized spacial score (nSPS) is 11.0. The lowest BCUT2D eigenvalue weighted by Crippen LogP contribution is -2.32. The van der Waals surface area contributed by atoms with Gasteiger partial charge in [0.2, 0.25) is 10.0 Å². The summed E-state index contributed by atoms with van der Waals surface area (Å²) in [5, 5.41) is 3.40. The maximum atomic E-state index is 11.8. The van der Waals surface area contributed by atoms with E-state index in [-0.39, 0.29) is 17.3 Å². The molecule has 0 aromatic carbocycles. The molecule has 0 aliphatic rings. The minimum atomic E-state index is -3.51. The fourth-order valence-electron chi connectivity index (χ4n) is 1.20. The largest absolute Gasteiger partial charge is 0.315 e. The van der Waals surface area contributed by atoms with Gasteiger partial charge in [-0.25, -0.2) is 13.1 Å². The maximum Gasteiger partial charge on any atom is 0.242 e. The molecule has 1 rings (SSSR count). The maximum absolute atomic E-state index is 11.8. The van der Waals surface area contributed by atoms with Gasteiger partial charge in [-0.15, -0.1) is 12.4 Å². The Morgan fingerprint density at radius 2 is 2.00 bits per heavy atom. The molecule has 0 spiro atoms. The first-order valence-corrected chi connectivity index (χ1v) is 7.23. The molecule has 18 heavy (non-hydrogen) atoms. The van der Waals surface area contributed by atoms with E-state index in [2.05, 4.69) is 21.9 Å². The minimum Gasteiger partial charge on any atom is -0.315 e. The second-order valence-corrected chi connectivity index (χ2v) is 5.69. The van der Waals surface area contributed by atoms with Crippen LogP contribution in [0.15, 0.2) is 23.4 Å². The summed E-state index contributed by atoms with van der Waals surface area (Å²) in [4.78, 5) is 3.83. The van der Waals surface area contributed by atoms with Crippen molar-refractivity contribution in [1.29, 1.82) is 0 Å². The molecule has 0 aliphatic carbocycles. The van der Waals surface area contributed by atoms with E-state index in [1.165, 1.54) is 18.5 Å². The molecule has 5 nitrogen and oxygen atoms in total. The number of sulfonamides is 1. The molecule has 1 heterocycles. The van der Waals surface area contributed by atoms with Crippen molar-refractivity contribution in [2.75, 3.05) is 19.6 Å². The second kappa shape index (κ2) is 8.66. The van der Waals surface area contributed by atoms with Crippen LogP contribution >= 0.6 is 24.0 Å². The highest BCUT2D eigenvalue weighted by Crippen LogP contribution is 2.12. The molecule has 0 amide bonds. The summed E-state index contributed by atoms with van der Waals surface area (Å²) in [7, 11) is -3.51. The summed E-state index contributed by atoms with van der Waals surface area (Å²) in [6, 6.07) is 1.37. The van der Waals surface area contributed by atoms with E-state index >= 15 is 0 Å². The molecule has 0 aliphatic heterocycles. The molecule has 2 N–H and O–H groups in total. The molecule has 1 aromatic rings. The fraction of sp³-hybridized carbons (Fsp3) is 0.500. The highest BCUT2D eigenvalue weighted by atomic mass is 35.5. The first kappa shape index (κ1) is 17.6. The SMILES string of the molecule is CCCNCCNS(=O)(=O)c1cncc(Cl)c1.Cl. The summed E-state index contributed by atoms with van der Waals surface area (Å²) in [6.45, 7) is 3.87. The Bertz CT molecular complexity index is 454. The molecule has 104 valence electrons. The standard InChI is InChI=1S/C10H16ClN3O2S.ClH/c1-2-3-12-4-5-14-17(15,16)10-6-9(11)7-13-8-10;/h6-8,12,14H,2-5H2,1H3;1H. The highest BCUT2D eigenvalue weighted by molar-refractivity contribution is 7.89. The van der Waals surface area contributed by atoms with E-state index < -0.39 is 10.0 Å². The van der Waals surface area contributed by atoms with Crippen molar-refractivity contribution in [1.82, 2.24) is 15.0 Å². The molecular formula is C10H17Cl2N3O2S. The topological polar surface area (TPSA) is 71.1 Å². The summed E-state index contributed by atoms with van der Waals surface area (Å²) >= 11 is 5.69. The zero-order valence-corrected chi connectivity index (χ0v) is 12.4. The molecular weight excluding hydrogens is 297 g/mol. The van der Waals surface area contributed by atoms with Gasteiger partial charge in [0.05, 0.1) is 5.02 Å². The Labute approximate surface area is 119 Å². The Morgan fingerprint density at radius 3 is 2.61 bits per heavy atom. The van der Waals surface area contributed by atoms with Crippen LogP contribution in [-0.2, 0) is 10.0 Å². The van der Waals surface area contributed by atoms with Gasteiger partial charge in [0.1, 0.15) is 4.90 Å². The van der Waals surface area contributed by atoms with Gasteiger partial charge in [0.15, 0.2) is 0 Å². The van der Waals surface area contributed by atoms with Crippen molar-refractivity contribution in [3.63, 3.8) is 0 Å². The van der Waals surface area contributed by atoms with E-state index in [1.807, 2.05) is 0 Å². The van der Waals surface area contributed by atoms with Crippen molar-refractivity contribution >= 4 is 34.0 Å². The minimum absolute atomic E-state index is 0. The van der Waals surface area contributed by atoms with Crippen molar-refractivity contribution in [2.45, 2.75) is 18.2 Å². The van der Waals surface area contributed by atoms with Gasteiger partial charge < -0.3 is 5.32 Å². The van der Waals surface area contributed by atoms with Gasteiger partial charge >= 0.3 is 0 Å². The second-order valence-electron chi connectivity index (χ2n) is 3.49. The van der Waals surface area contributed by atoms with Crippen LogP contribution in [0.25, 0.3) is 0 Å². The van der Waals surface area contributed by atoms with Crippen LogP contribution in [0.1, 0.15) is 13.3 Å². The van der Waals surface area contributed by atoms with Crippen LogP contribution in [0.4, 0.5) is 0 Å². The van der Waals surface area contributed by atoms with Crippen molar-refractivity contribution in [3.05, 3.63) is 23.5 Å². The molecule has 0 fully saturated rings. The molecule has 0 atom stereocenters. The van der Waals surface area contributed by atoms with Gasteiger partial charge in [0.25, 0.3) is 0 Å². The molecule has 0 saturated carbocycles. The molecule has 0 unspecified atom stereocenters. The van der Waals surface area contributed by atoms with Crippen molar-refractivity contribution in [2.24, 2.45) is 0 Å². The first-order valence-electron chi connectivity index (χ1n) is 5.37. The van der Waals surface area contributed by atoms with Gasteiger partial charge in [-0.1, -0.05) is 18.5 Å². The van der Waals surface area contributed by atoms with Gasteiger partial charge in [-0.05, 0) is 19.0 Å². The zero-order valence-electron chi connectivity index (χ0n) is 10.0. The average molecular weight is 314 g/mol. The quantitative estimate of drug-likeness (QED) is 0.747. The third-order valence-corrected chi connectivity index (χ3v) is 3.65. The predicted octanol–water partition coefficient (Wildman–Crippen LogP) is 1.43. The number of aromatic nitrogens is 1. The Morgan fingerprint density at radius 1 is 1.28 bits per heavy atom. The Kier molecular flexibility index (Phi) is 8.47. The number of rotatable bonds is 7. The van der Waals surface area contributed by atoms with Gasteiger partial charge in [-0.3, -0.25) is 4.98 Å². The number of nitrogens with zero attached hydrogens (tertiary/aromatic N) is 1. The van der Waals surface area contributed by atoms with E-state index in [0.29, 0.717) is 18.1 Å². The van der Waals surface area contributed by atoms with Crippen LogP contribution in [0.5, 0.6) is 0 Å². The predicted molar refractivity (Wildman–Crippen MR) is 74.8 cm³/mol. The number of hydrogen-bond acceptors (Lipinski definition) is 4.